The van der Waals surface area contributed by atoms with Gasteiger partial charge in [-0.15, -0.1) is 0 Å². The van der Waals surface area contributed by atoms with Crippen molar-refractivity contribution in [3.05, 3.63) is 0 Å². The summed E-state index contributed by atoms with van der Waals surface area (Å²) in [4.78, 5) is 81.9. The maximum Gasteiger partial charge on any atom is 0.326 e. The minimum atomic E-state index is -1.85. The van der Waals surface area contributed by atoms with Gasteiger partial charge in [0.2, 0.25) is 29.5 Å². The van der Waals surface area contributed by atoms with Crippen LogP contribution in [0.4, 0.5) is 0 Å². The van der Waals surface area contributed by atoms with E-state index in [9.17, 15) is 33.6 Å². The Morgan fingerprint density at radius 3 is 1.64 bits per heavy atom. The van der Waals surface area contributed by atoms with Gasteiger partial charge in [-0.05, 0) is 12.3 Å². The van der Waals surface area contributed by atoms with E-state index in [4.69, 9.17) is 27.4 Å². The van der Waals surface area contributed by atoms with Crippen LogP contribution in [0.1, 0.15) is 39.5 Å². The second-order valence-electron chi connectivity index (χ2n) is 7.56. The van der Waals surface area contributed by atoms with E-state index in [1.54, 1.807) is 13.8 Å². The number of aliphatic carboxylic acids is 2. The fourth-order valence-electron chi connectivity index (χ4n) is 2.46. The van der Waals surface area contributed by atoms with Gasteiger partial charge in [-0.1, -0.05) is 13.8 Å². The number of amides is 5. The van der Waals surface area contributed by atoms with Gasteiger partial charge in [0.15, 0.2) is 0 Å². The molecule has 0 bridgehead atoms. The van der Waals surface area contributed by atoms with Crippen molar-refractivity contribution in [2.45, 2.75) is 63.7 Å². The molecule has 0 aromatic heterocycles. The Bertz CT molecular complexity index is 785. The van der Waals surface area contributed by atoms with Crippen LogP contribution in [0.2, 0.25) is 0 Å². The molecule has 0 heterocycles. The highest BCUT2D eigenvalue weighted by molar-refractivity contribution is 5.96. The Morgan fingerprint density at radius 1 is 0.727 bits per heavy atom. The summed E-state index contributed by atoms with van der Waals surface area (Å²) in [5.41, 5.74) is 15.9. The number of hydrogen-bond acceptors (Lipinski definition) is 8. The first-order valence-corrected chi connectivity index (χ1v) is 9.83. The maximum absolute atomic E-state index is 12.7. The fraction of sp³-hybridized carbons (Fsp3) is 0.611. The molecule has 11 N–H and O–H groups in total. The zero-order valence-corrected chi connectivity index (χ0v) is 18.2. The molecule has 15 heteroatoms. The van der Waals surface area contributed by atoms with E-state index in [-0.39, 0.29) is 18.8 Å². The van der Waals surface area contributed by atoms with Crippen molar-refractivity contribution in [2.75, 3.05) is 0 Å². The summed E-state index contributed by atoms with van der Waals surface area (Å²) in [6.07, 6.45) is -2.32. The fourth-order valence-corrected chi connectivity index (χ4v) is 2.46. The van der Waals surface area contributed by atoms with Crippen molar-refractivity contribution in [3.63, 3.8) is 0 Å². The lowest BCUT2D eigenvalue weighted by molar-refractivity contribution is -0.147. The first kappa shape index (κ1) is 29.2. The number of rotatable bonds is 15. The van der Waals surface area contributed by atoms with E-state index in [0.717, 1.165) is 0 Å². The van der Waals surface area contributed by atoms with Crippen molar-refractivity contribution in [1.82, 2.24) is 16.0 Å². The van der Waals surface area contributed by atoms with Gasteiger partial charge >= 0.3 is 11.9 Å². The van der Waals surface area contributed by atoms with Crippen LogP contribution in [0.15, 0.2) is 0 Å². The third kappa shape index (κ3) is 11.4. The van der Waals surface area contributed by atoms with Crippen molar-refractivity contribution in [1.29, 1.82) is 0 Å². The SMILES string of the molecule is CC(C)C(N)C(=O)NC(CCC(N)=O)C(=O)NC(CC(N)=O)C(=O)NC(CC(=O)O)C(=O)O. The summed E-state index contributed by atoms with van der Waals surface area (Å²) < 4.78 is 0. The number of hydrogen-bond donors (Lipinski definition) is 8. The van der Waals surface area contributed by atoms with Crippen molar-refractivity contribution >= 4 is 41.5 Å². The number of primary amides is 2. The van der Waals surface area contributed by atoms with E-state index in [2.05, 4.69) is 10.6 Å². The van der Waals surface area contributed by atoms with Gasteiger partial charge in [-0.25, -0.2) is 4.79 Å². The zero-order valence-electron chi connectivity index (χ0n) is 18.2. The molecule has 0 spiro atoms. The lowest BCUT2D eigenvalue weighted by atomic mass is 10.0. The van der Waals surface area contributed by atoms with Gasteiger partial charge in [-0.2, -0.15) is 0 Å². The zero-order chi connectivity index (χ0) is 25.9. The minimum Gasteiger partial charge on any atom is -0.481 e. The molecular formula is C18H30N6O9. The first-order chi connectivity index (χ1) is 15.1. The van der Waals surface area contributed by atoms with E-state index in [0.29, 0.717) is 0 Å². The smallest absolute Gasteiger partial charge is 0.326 e. The molecule has 0 aliphatic rings. The Balaban J connectivity index is 5.61. The van der Waals surface area contributed by atoms with Crippen molar-refractivity contribution in [3.8, 4) is 0 Å². The highest BCUT2D eigenvalue weighted by Gasteiger charge is 2.32. The van der Waals surface area contributed by atoms with E-state index >= 15 is 0 Å². The summed E-state index contributed by atoms with van der Waals surface area (Å²) in [7, 11) is 0. The second-order valence-corrected chi connectivity index (χ2v) is 7.56. The normalized spacial score (nSPS) is 14.3. The van der Waals surface area contributed by atoms with Gasteiger partial charge in [0.1, 0.15) is 18.1 Å². The molecule has 15 nitrogen and oxygen atoms in total. The standard InChI is InChI=1S/C18H30N6O9/c1-7(2)14(21)17(31)22-8(3-4-11(19)25)15(29)23-9(5-12(20)26)16(30)24-10(18(32)33)6-13(27)28/h7-10,14H,3-6,21H2,1-2H3,(H2,19,25)(H2,20,26)(H,22,31)(H,23,29)(H,24,30)(H,27,28)(H,32,33). The molecule has 33 heavy (non-hydrogen) atoms. The minimum absolute atomic E-state index is 0.264. The average Bonchev–Trinajstić information content (AvgIpc) is 2.67. The lowest BCUT2D eigenvalue weighted by Gasteiger charge is -2.25. The van der Waals surface area contributed by atoms with Gasteiger partial charge in [-0.3, -0.25) is 28.8 Å². The topological polar surface area (TPSA) is 274 Å². The first-order valence-electron chi connectivity index (χ1n) is 9.83. The Kier molecular flexibility index (Phi) is 12.1. The molecule has 186 valence electrons. The molecule has 0 radical (unpaired) electrons. The molecule has 0 saturated heterocycles. The molecule has 0 saturated carbocycles. The number of nitrogens with one attached hydrogen (secondary N) is 3. The molecule has 4 atom stereocenters. The highest BCUT2D eigenvalue weighted by Crippen LogP contribution is 2.05. The van der Waals surface area contributed by atoms with Crippen LogP contribution < -0.4 is 33.2 Å². The third-order valence-corrected chi connectivity index (χ3v) is 4.36. The monoisotopic (exact) mass is 474 g/mol. The molecular weight excluding hydrogens is 444 g/mol. The quantitative estimate of drug-likeness (QED) is 0.114. The van der Waals surface area contributed by atoms with Crippen molar-refractivity contribution < 1.29 is 43.8 Å². The number of nitrogens with two attached hydrogens (primary N) is 3. The van der Waals surface area contributed by atoms with Crippen LogP contribution in [-0.4, -0.2) is 75.9 Å². The molecule has 5 amide bonds. The van der Waals surface area contributed by atoms with E-state index < -0.39 is 78.5 Å². The summed E-state index contributed by atoms with van der Waals surface area (Å²) in [5.74, 6) is -8.22. The van der Waals surface area contributed by atoms with Crippen LogP contribution in [0.25, 0.3) is 0 Å². The van der Waals surface area contributed by atoms with E-state index in [1.165, 1.54) is 0 Å². The Morgan fingerprint density at radius 2 is 1.21 bits per heavy atom. The Labute approximate surface area is 188 Å². The number of carbonyl (C=O) groups is 7. The lowest BCUT2D eigenvalue weighted by Crippen LogP contribution is -2.58. The Hall–Kier alpha value is -3.75. The highest BCUT2D eigenvalue weighted by atomic mass is 16.4. The summed E-state index contributed by atoms with van der Waals surface area (Å²) in [6.45, 7) is 3.32. The van der Waals surface area contributed by atoms with Crippen LogP contribution >= 0.6 is 0 Å². The van der Waals surface area contributed by atoms with Gasteiger partial charge < -0.3 is 43.4 Å². The van der Waals surface area contributed by atoms with Gasteiger partial charge in [0, 0.05) is 6.42 Å². The molecule has 0 aromatic carbocycles. The molecule has 4 unspecified atom stereocenters. The summed E-state index contributed by atoms with van der Waals surface area (Å²) >= 11 is 0. The van der Waals surface area contributed by atoms with Crippen molar-refractivity contribution in [2.24, 2.45) is 23.1 Å². The molecule has 0 aromatic rings. The van der Waals surface area contributed by atoms with Gasteiger partial charge in [0.25, 0.3) is 0 Å². The van der Waals surface area contributed by atoms with Crippen LogP contribution in [0.3, 0.4) is 0 Å². The molecule has 0 aliphatic carbocycles. The van der Waals surface area contributed by atoms with E-state index in [1.807, 2.05) is 5.32 Å². The predicted molar refractivity (Wildman–Crippen MR) is 111 cm³/mol. The molecule has 0 fully saturated rings. The summed E-state index contributed by atoms with van der Waals surface area (Å²) in [6, 6.07) is -5.92. The van der Waals surface area contributed by atoms with Gasteiger partial charge in [0.05, 0.1) is 18.9 Å². The number of carboxylic acids is 2. The average molecular weight is 474 g/mol. The molecule has 0 rings (SSSR count). The van der Waals surface area contributed by atoms with Crippen LogP contribution in [0.5, 0.6) is 0 Å². The summed E-state index contributed by atoms with van der Waals surface area (Å²) in [5, 5.41) is 24.2. The van der Waals surface area contributed by atoms with Crippen LogP contribution in [-0.2, 0) is 33.6 Å². The number of carbonyl (C=O) groups excluding carboxylic acids is 5. The van der Waals surface area contributed by atoms with Crippen LogP contribution in [0, 0.1) is 5.92 Å². The maximum atomic E-state index is 12.7. The predicted octanol–water partition coefficient (Wildman–Crippen LogP) is -3.88. The second kappa shape index (κ2) is 13.6. The largest absolute Gasteiger partial charge is 0.481 e. The third-order valence-electron chi connectivity index (χ3n) is 4.36. The molecule has 0 aliphatic heterocycles. The number of carboxylic acid groups (broad SMARTS) is 2.